The van der Waals surface area contributed by atoms with Crippen LogP contribution in [0, 0.1) is 11.3 Å². The summed E-state index contributed by atoms with van der Waals surface area (Å²) in [5, 5.41) is 0. The summed E-state index contributed by atoms with van der Waals surface area (Å²) in [5.74, 6) is 0.466. The average molecular weight is 218 g/mol. The van der Waals surface area contributed by atoms with E-state index in [0.717, 1.165) is 6.42 Å². The van der Waals surface area contributed by atoms with Crippen molar-refractivity contribution < 1.29 is 0 Å². The summed E-state index contributed by atoms with van der Waals surface area (Å²) in [7, 11) is 0. The standard InChI is InChI=1S/C14H22N2/c1-5-12-11(7-6-8-15)9-16-10-13(12)14(2,3)4/h6-10,12H,5,15H2,1-4H3/b8-6-,11-7-. The van der Waals surface area contributed by atoms with Crippen LogP contribution < -0.4 is 5.73 Å². The molecule has 0 saturated carbocycles. The molecule has 2 heteroatoms. The molecule has 0 aliphatic carbocycles. The molecule has 0 amide bonds. The molecule has 1 unspecified atom stereocenters. The van der Waals surface area contributed by atoms with E-state index < -0.39 is 0 Å². The number of hydrogen-bond acceptors (Lipinski definition) is 2. The van der Waals surface area contributed by atoms with Crippen molar-refractivity contribution in [1.29, 1.82) is 0 Å². The van der Waals surface area contributed by atoms with Gasteiger partial charge in [-0.25, -0.2) is 0 Å². The molecule has 0 bridgehead atoms. The first-order chi connectivity index (χ1) is 7.50. The first kappa shape index (κ1) is 12.8. The van der Waals surface area contributed by atoms with Crippen LogP contribution in [0.3, 0.4) is 0 Å². The number of rotatable bonds is 2. The van der Waals surface area contributed by atoms with E-state index in [1.165, 1.54) is 11.1 Å². The number of allylic oxidation sites excluding steroid dienone is 4. The first-order valence-electron chi connectivity index (χ1n) is 5.83. The fraction of sp³-hybridized carbons (Fsp3) is 0.500. The van der Waals surface area contributed by atoms with Crippen LogP contribution in [-0.4, -0.2) is 6.21 Å². The number of nitrogens with two attached hydrogens (primary N) is 1. The Hall–Kier alpha value is -1.31. The SMILES string of the molecule is CCC1C(C(C)(C)C)=CN=C/C1=C/C=C\N. The molecule has 1 rings (SSSR count). The molecule has 1 atom stereocenters. The van der Waals surface area contributed by atoms with Gasteiger partial charge in [-0.2, -0.15) is 0 Å². The van der Waals surface area contributed by atoms with Gasteiger partial charge in [-0.1, -0.05) is 33.8 Å². The van der Waals surface area contributed by atoms with Gasteiger partial charge in [0.1, 0.15) is 0 Å². The second-order valence-electron chi connectivity index (χ2n) is 5.13. The van der Waals surface area contributed by atoms with Crippen molar-refractivity contribution in [3.05, 3.63) is 35.7 Å². The summed E-state index contributed by atoms with van der Waals surface area (Å²) in [6, 6.07) is 0. The van der Waals surface area contributed by atoms with Crippen LogP contribution in [0.25, 0.3) is 0 Å². The molecule has 0 aromatic heterocycles. The van der Waals surface area contributed by atoms with Gasteiger partial charge < -0.3 is 5.73 Å². The van der Waals surface area contributed by atoms with Gasteiger partial charge in [0.2, 0.25) is 0 Å². The van der Waals surface area contributed by atoms with Crippen LogP contribution in [0.5, 0.6) is 0 Å². The van der Waals surface area contributed by atoms with E-state index in [-0.39, 0.29) is 5.41 Å². The number of hydrogen-bond donors (Lipinski definition) is 1. The zero-order chi connectivity index (χ0) is 12.2. The van der Waals surface area contributed by atoms with Crippen molar-refractivity contribution in [2.45, 2.75) is 34.1 Å². The Morgan fingerprint density at radius 3 is 2.62 bits per heavy atom. The van der Waals surface area contributed by atoms with Gasteiger partial charge in [-0.3, -0.25) is 4.99 Å². The highest BCUT2D eigenvalue weighted by molar-refractivity contribution is 5.82. The van der Waals surface area contributed by atoms with Gasteiger partial charge in [0, 0.05) is 18.3 Å². The summed E-state index contributed by atoms with van der Waals surface area (Å²) in [5.41, 5.74) is 8.18. The molecule has 0 saturated heterocycles. The van der Waals surface area contributed by atoms with Gasteiger partial charge in [-0.05, 0) is 35.3 Å². The van der Waals surface area contributed by atoms with Crippen LogP contribution in [0.2, 0.25) is 0 Å². The summed E-state index contributed by atoms with van der Waals surface area (Å²) < 4.78 is 0. The predicted molar refractivity (Wildman–Crippen MR) is 71.2 cm³/mol. The fourth-order valence-corrected chi connectivity index (χ4v) is 2.06. The fourth-order valence-electron chi connectivity index (χ4n) is 2.06. The molecule has 2 nitrogen and oxygen atoms in total. The Bertz CT molecular complexity index is 351. The maximum Gasteiger partial charge on any atom is 0.0305 e. The minimum atomic E-state index is 0.171. The first-order valence-corrected chi connectivity index (χ1v) is 5.83. The van der Waals surface area contributed by atoms with Crippen molar-refractivity contribution in [3.63, 3.8) is 0 Å². The van der Waals surface area contributed by atoms with E-state index in [1.807, 2.05) is 18.5 Å². The Labute approximate surface area is 98.6 Å². The Morgan fingerprint density at radius 1 is 1.44 bits per heavy atom. The molecule has 16 heavy (non-hydrogen) atoms. The maximum atomic E-state index is 5.37. The van der Waals surface area contributed by atoms with Crippen molar-refractivity contribution in [2.24, 2.45) is 22.1 Å². The molecule has 0 spiro atoms. The Balaban J connectivity index is 3.06. The minimum Gasteiger partial charge on any atom is -0.405 e. The highest BCUT2D eigenvalue weighted by Crippen LogP contribution is 2.38. The molecule has 0 aromatic carbocycles. The van der Waals surface area contributed by atoms with Gasteiger partial charge in [0.05, 0.1) is 0 Å². The van der Waals surface area contributed by atoms with Crippen LogP contribution in [0.15, 0.2) is 40.7 Å². The van der Waals surface area contributed by atoms with E-state index in [9.17, 15) is 0 Å². The van der Waals surface area contributed by atoms with Crippen molar-refractivity contribution >= 4 is 6.21 Å². The van der Waals surface area contributed by atoms with Crippen molar-refractivity contribution in [1.82, 2.24) is 0 Å². The molecule has 0 fully saturated rings. The lowest BCUT2D eigenvalue weighted by Gasteiger charge is -2.32. The third-order valence-electron chi connectivity index (χ3n) is 2.89. The molecule has 1 aliphatic heterocycles. The second-order valence-corrected chi connectivity index (χ2v) is 5.13. The molecule has 0 aromatic rings. The lowest BCUT2D eigenvalue weighted by atomic mass is 9.74. The molecule has 1 aliphatic rings. The third kappa shape index (κ3) is 2.84. The second kappa shape index (κ2) is 5.15. The third-order valence-corrected chi connectivity index (χ3v) is 2.89. The van der Waals surface area contributed by atoms with Crippen LogP contribution in [-0.2, 0) is 0 Å². The van der Waals surface area contributed by atoms with E-state index in [0.29, 0.717) is 5.92 Å². The van der Waals surface area contributed by atoms with Gasteiger partial charge in [0.15, 0.2) is 0 Å². The van der Waals surface area contributed by atoms with Crippen molar-refractivity contribution in [2.75, 3.05) is 0 Å². The minimum absolute atomic E-state index is 0.171. The van der Waals surface area contributed by atoms with Crippen LogP contribution in [0.4, 0.5) is 0 Å². The number of aliphatic imine (C=N–C) groups is 1. The zero-order valence-electron chi connectivity index (χ0n) is 10.7. The van der Waals surface area contributed by atoms with Gasteiger partial charge in [0.25, 0.3) is 0 Å². The summed E-state index contributed by atoms with van der Waals surface area (Å²) in [6.45, 7) is 8.92. The van der Waals surface area contributed by atoms with E-state index >= 15 is 0 Å². The van der Waals surface area contributed by atoms with E-state index in [1.54, 1.807) is 6.20 Å². The normalized spacial score (nSPS) is 24.1. The van der Waals surface area contributed by atoms with Gasteiger partial charge in [-0.15, -0.1) is 0 Å². The quantitative estimate of drug-likeness (QED) is 0.757. The Kier molecular flexibility index (Phi) is 4.11. The zero-order valence-corrected chi connectivity index (χ0v) is 10.7. The largest absolute Gasteiger partial charge is 0.405 e. The van der Waals surface area contributed by atoms with Gasteiger partial charge >= 0.3 is 0 Å². The summed E-state index contributed by atoms with van der Waals surface area (Å²) in [6.07, 6.45) is 10.5. The highest BCUT2D eigenvalue weighted by Gasteiger charge is 2.27. The molecular formula is C14H22N2. The van der Waals surface area contributed by atoms with E-state index in [4.69, 9.17) is 5.73 Å². The average Bonchev–Trinajstić information content (AvgIpc) is 2.24. The predicted octanol–water partition coefficient (Wildman–Crippen LogP) is 3.43. The number of nitrogens with zero attached hydrogens (tertiary/aromatic N) is 1. The van der Waals surface area contributed by atoms with Crippen molar-refractivity contribution in [3.8, 4) is 0 Å². The molecule has 88 valence electrons. The smallest absolute Gasteiger partial charge is 0.0305 e. The Morgan fingerprint density at radius 2 is 2.12 bits per heavy atom. The summed E-state index contributed by atoms with van der Waals surface area (Å²) in [4.78, 5) is 4.33. The monoisotopic (exact) mass is 218 g/mol. The highest BCUT2D eigenvalue weighted by atomic mass is 14.7. The molecule has 0 radical (unpaired) electrons. The lowest BCUT2D eigenvalue weighted by Crippen LogP contribution is -2.21. The summed E-state index contributed by atoms with van der Waals surface area (Å²) >= 11 is 0. The molecular weight excluding hydrogens is 196 g/mol. The van der Waals surface area contributed by atoms with Crippen LogP contribution >= 0.6 is 0 Å². The lowest BCUT2D eigenvalue weighted by molar-refractivity contribution is 0.440. The molecule has 1 heterocycles. The molecule has 2 N–H and O–H groups in total. The van der Waals surface area contributed by atoms with E-state index in [2.05, 4.69) is 38.8 Å². The topological polar surface area (TPSA) is 38.4 Å². The maximum absolute atomic E-state index is 5.37. The van der Waals surface area contributed by atoms with Crippen LogP contribution in [0.1, 0.15) is 34.1 Å².